The molecule has 0 aromatic rings. The van der Waals surface area contributed by atoms with Crippen molar-refractivity contribution in [2.24, 2.45) is 0 Å². The van der Waals surface area contributed by atoms with Crippen molar-refractivity contribution in [2.45, 2.75) is 0 Å². The Balaban J connectivity index is -0.00000000750. The Labute approximate surface area is 112 Å². The first kappa shape index (κ1) is 16.2. The molecule has 0 radical (unpaired) electrons. The summed E-state index contributed by atoms with van der Waals surface area (Å²) in [7, 11) is 0. The first-order chi connectivity index (χ1) is 1.73. The zero-order valence-electron chi connectivity index (χ0n) is 4.92. The van der Waals surface area contributed by atoms with E-state index in [9.17, 15) is 4.81 Å². The Hall–Kier alpha value is 3.44. The molecule has 0 rings (SSSR count). The average Bonchev–Trinajstić information content (AvgIpc) is 0.811. The van der Waals surface area contributed by atoms with E-state index in [1.54, 1.807) is 0 Å². The van der Waals surface area contributed by atoms with Gasteiger partial charge in [-0.15, -0.1) is 0 Å². The van der Waals surface area contributed by atoms with Gasteiger partial charge in [-0.05, 0) is 0 Å². The third kappa shape index (κ3) is 26.1. The number of hydrogen-bond acceptors (Lipinski definition) is 0. The third-order valence-electron chi connectivity index (χ3n) is 0. The van der Waals surface area contributed by atoms with E-state index in [1.807, 2.05) is 0 Å². The quantitative estimate of drug-likeness (QED) is 0.509. The van der Waals surface area contributed by atoms with E-state index in [4.69, 9.17) is 0 Å². The van der Waals surface area contributed by atoms with Crippen LogP contribution >= 0.6 is 0 Å². The molecule has 6 heteroatoms. The van der Waals surface area contributed by atoms with Crippen molar-refractivity contribution in [3.63, 3.8) is 0 Å². The third-order valence-corrected chi connectivity index (χ3v) is 0. The number of hydrogen-bond donors (Lipinski definition) is 0. The summed E-state index contributed by atoms with van der Waals surface area (Å²) in [5, 5.41) is 0. The summed E-state index contributed by atoms with van der Waals surface area (Å²) in [4.78, 5) is 0. The zero-order valence-corrected chi connectivity index (χ0v) is 13.4. The molecule has 0 atom stereocenters. The minimum atomic E-state index is -5.22. The Morgan fingerprint density at radius 2 is 1.17 bits per heavy atom. The van der Waals surface area contributed by atoms with Crippen LogP contribution in [-0.2, 0) is 26.2 Å². The molecule has 0 aliphatic carbocycles. The Kier molecular flexibility index (Phi) is 30.4. The molecule has 0 aliphatic rings. The van der Waals surface area contributed by atoms with Crippen molar-refractivity contribution in [2.75, 3.05) is 0 Å². The van der Waals surface area contributed by atoms with Gasteiger partial charge in [-0.3, -0.25) is 0 Å². The van der Waals surface area contributed by atoms with Crippen LogP contribution in [0.3, 0.4) is 0 Å². The Bertz CT molecular complexity index is 22.0. The van der Waals surface area contributed by atoms with Gasteiger partial charge in [-0.25, -0.2) is 0 Å². The predicted molar refractivity (Wildman–Crippen MR) is 11.3 cm³/mol. The van der Waals surface area contributed by atoms with E-state index in [0.717, 1.165) is 0 Å². The molecule has 0 bridgehead atoms. The molecule has 0 unspecified atom stereocenters. The summed E-state index contributed by atoms with van der Waals surface area (Å²) in [5.74, 6) is 0. The fourth-order valence-electron chi connectivity index (χ4n) is 0. The molecule has 0 heterocycles. The van der Waals surface area contributed by atoms with Gasteiger partial charge in [0.05, 0.1) is 0 Å². The molecule has 0 N–H and O–H groups in total. The smallest absolute Gasteiger partial charge is 0 e. The van der Waals surface area contributed by atoms with Gasteiger partial charge in [0.15, 0.2) is 0 Å². The summed E-state index contributed by atoms with van der Waals surface area (Å²) >= 11 is -5.22. The molecule has 0 aromatic heterocycles. The van der Waals surface area contributed by atoms with E-state index in [1.165, 1.54) is 0 Å². The largest absolute Gasteiger partial charge is 1.00 e. The predicted octanol–water partition coefficient (Wildman–Crippen LogP) is 1.10. The van der Waals surface area contributed by atoms with Crippen molar-refractivity contribution in [3.8, 4) is 0 Å². The topological polar surface area (TPSA) is 0 Å². The van der Waals surface area contributed by atoms with Gasteiger partial charge in [0, 0.05) is 26.2 Å². The van der Waals surface area contributed by atoms with Crippen molar-refractivity contribution in [3.05, 3.63) is 0 Å². The molecule has 32 valence electrons. The number of rotatable bonds is 0. The summed E-state index contributed by atoms with van der Waals surface area (Å²) in [6, 6.07) is 0. The Morgan fingerprint density at radius 3 is 1.17 bits per heavy atom. The normalized spacial score (nSPS) is 4.50. The van der Waals surface area contributed by atoms with Crippen molar-refractivity contribution in [1.29, 1.82) is 0 Å². The average molecular weight is 426 g/mol. The minimum Gasteiger partial charge on any atom is -1.00 e. The minimum absolute atomic E-state index is 0. The molecule has 0 saturated carbocycles. The van der Waals surface area contributed by atoms with Gasteiger partial charge in [0.1, 0.15) is 0 Å². The molecule has 0 amide bonds. The van der Waals surface area contributed by atoms with E-state index in [0.29, 0.717) is 0 Å². The fraction of sp³-hybridized carbons (Fsp3) is 0. The van der Waals surface area contributed by atoms with Crippen LogP contribution in [0.5, 0.6) is 0 Å². The maximum atomic E-state index is 9.89. The number of halogens is 3. The van der Waals surface area contributed by atoms with Crippen LogP contribution in [-0.4, -0.2) is 48.9 Å². The maximum Gasteiger partial charge on any atom is 0 e. The van der Waals surface area contributed by atoms with Crippen molar-refractivity contribution in [1.82, 2.24) is 0 Å². The van der Waals surface area contributed by atoms with Crippen LogP contribution in [0.25, 0.3) is 0 Å². The van der Waals surface area contributed by atoms with E-state index >= 15 is 0 Å². The van der Waals surface area contributed by atoms with Crippen molar-refractivity contribution >= 4 is 48.9 Å². The second-order valence-corrected chi connectivity index (χ2v) is 1.80. The summed E-state index contributed by atoms with van der Waals surface area (Å²) in [6.45, 7) is 0. The van der Waals surface area contributed by atoms with Crippen LogP contribution in [0.1, 0.15) is 2.85 Å². The fourth-order valence-corrected chi connectivity index (χ4v) is 0. The van der Waals surface area contributed by atoms with Crippen LogP contribution < -0.4 is 0 Å². The standard InChI is InChI=1S/Ba.3FH.La.Zr.2H/h;3*1H;;;;/q+2;;;;+3;;2*-1/p-3. The molecule has 0 spiro atoms. The second kappa shape index (κ2) is 11.3. The SMILES string of the molecule is [Ba+2].[F][La]([F])[F].[H-].[H-].[Zr]. The monoisotopic (exact) mass is 426 g/mol. The van der Waals surface area contributed by atoms with Gasteiger partial charge < -0.3 is 2.85 Å². The molecule has 0 aromatic carbocycles. The van der Waals surface area contributed by atoms with E-state index in [-0.39, 0.29) is 77.9 Å². The first-order valence-electron chi connectivity index (χ1n) is 0.655. The molecule has 0 aliphatic heterocycles. The first-order valence-corrected chi connectivity index (χ1v) is 4.77. The van der Waals surface area contributed by atoms with Gasteiger partial charge in [-0.1, -0.05) is 0 Å². The van der Waals surface area contributed by atoms with Crippen LogP contribution in [0, 0.1) is 32.2 Å². The van der Waals surface area contributed by atoms with Gasteiger partial charge in [-0.2, -0.15) is 0 Å². The molecule has 6 heavy (non-hydrogen) atoms. The van der Waals surface area contributed by atoms with Crippen molar-refractivity contribution < 1.29 is 66.1 Å². The summed E-state index contributed by atoms with van der Waals surface area (Å²) in [5.41, 5.74) is 0. The van der Waals surface area contributed by atoms with Gasteiger partial charge in [0.25, 0.3) is 0 Å². The molecule has 0 nitrogen and oxygen atoms in total. The molecule has 0 fully saturated rings. The van der Waals surface area contributed by atoms with Crippen LogP contribution in [0.15, 0.2) is 0 Å². The van der Waals surface area contributed by atoms with Gasteiger partial charge in [0.2, 0.25) is 0 Å². The molecular weight excluding hydrogens is 424 g/mol. The second-order valence-electron chi connectivity index (χ2n) is 0.247. The summed E-state index contributed by atoms with van der Waals surface area (Å²) < 4.78 is 29.7. The van der Waals surface area contributed by atoms with Crippen LogP contribution in [0.4, 0.5) is 4.81 Å². The van der Waals surface area contributed by atoms with Gasteiger partial charge >= 0.3 is 85.9 Å². The van der Waals surface area contributed by atoms with Crippen LogP contribution in [0.2, 0.25) is 0 Å². The van der Waals surface area contributed by atoms with E-state index in [2.05, 4.69) is 0 Å². The molecular formula is H2BaF3LaZr. The summed E-state index contributed by atoms with van der Waals surface area (Å²) in [6.07, 6.45) is 0. The zero-order chi connectivity index (χ0) is 3.58. The molecule has 0 saturated heterocycles. The Morgan fingerprint density at radius 1 is 1.17 bits per heavy atom. The van der Waals surface area contributed by atoms with E-state index < -0.39 is 32.2 Å². The maximum absolute atomic E-state index is 9.89.